The lowest BCUT2D eigenvalue weighted by Gasteiger charge is -2.28. The minimum atomic E-state index is -3.52. The number of fused-ring (bicyclic) bond motifs is 3. The molecule has 186 valence electrons. The third-order valence-electron chi connectivity index (χ3n) is 6.89. The van der Waals surface area contributed by atoms with Crippen molar-refractivity contribution in [2.75, 3.05) is 41.2 Å². The number of amides is 1. The molecular formula is C25H26N6O4S. The Hall–Kier alpha value is -3.70. The average Bonchev–Trinajstić information content (AvgIpc) is 3.41. The van der Waals surface area contributed by atoms with E-state index in [0.29, 0.717) is 36.7 Å². The van der Waals surface area contributed by atoms with Gasteiger partial charge in [-0.2, -0.15) is 12.7 Å². The number of nitrogens with one attached hydrogen (secondary N) is 1. The topological polar surface area (TPSA) is 108 Å². The van der Waals surface area contributed by atoms with E-state index in [0.717, 1.165) is 41.1 Å². The minimum Gasteiger partial charge on any atom is -0.485 e. The molecule has 5 heterocycles. The zero-order valence-corrected chi connectivity index (χ0v) is 20.8. The second-order valence-corrected chi connectivity index (χ2v) is 11.2. The fraction of sp³-hybridized carbons (Fsp3) is 0.320. The van der Waals surface area contributed by atoms with Gasteiger partial charge >= 0.3 is 10.2 Å². The first-order valence-corrected chi connectivity index (χ1v) is 13.3. The van der Waals surface area contributed by atoms with Gasteiger partial charge in [0.25, 0.3) is 0 Å². The van der Waals surface area contributed by atoms with E-state index < -0.39 is 10.2 Å². The summed E-state index contributed by atoms with van der Waals surface area (Å²) in [5.41, 5.74) is 4.89. The number of aromatic nitrogens is 2. The minimum absolute atomic E-state index is 0.143. The highest BCUT2D eigenvalue weighted by Crippen LogP contribution is 2.44. The Balaban J connectivity index is 1.27. The molecule has 36 heavy (non-hydrogen) atoms. The summed E-state index contributed by atoms with van der Waals surface area (Å²) in [5.74, 6) is 1.49. The van der Waals surface area contributed by atoms with Crippen LogP contribution in [0.5, 0.6) is 5.75 Å². The van der Waals surface area contributed by atoms with Gasteiger partial charge in [-0.1, -0.05) is 0 Å². The Kier molecular flexibility index (Phi) is 5.34. The Morgan fingerprint density at radius 1 is 1.03 bits per heavy atom. The van der Waals surface area contributed by atoms with E-state index in [1.807, 2.05) is 42.3 Å². The predicted octanol–water partition coefficient (Wildman–Crippen LogP) is 3.46. The standard InChI is InChI=1S/C25H26N6O4S/c1-16-21-12-24(28-17-10-19(14-26-13-17)31-9-8-29(2)36(31,33)34)27-15-22(21)20-6-5-18(11-23(20)35-16)30-7-3-4-25(30)32/h5-6,10-16H,3-4,7-9H2,1-2H3,(H,27,28). The number of pyridine rings is 2. The number of benzene rings is 1. The molecule has 2 aromatic heterocycles. The number of anilines is 4. The van der Waals surface area contributed by atoms with Crippen molar-refractivity contribution in [3.63, 3.8) is 0 Å². The van der Waals surface area contributed by atoms with Crippen LogP contribution in [0.25, 0.3) is 11.1 Å². The summed E-state index contributed by atoms with van der Waals surface area (Å²) in [6.45, 7) is 3.53. The van der Waals surface area contributed by atoms with Crippen LogP contribution in [0.3, 0.4) is 0 Å². The maximum atomic E-state index is 12.5. The van der Waals surface area contributed by atoms with Crippen molar-refractivity contribution < 1.29 is 17.9 Å². The maximum absolute atomic E-state index is 12.5. The van der Waals surface area contributed by atoms with E-state index in [4.69, 9.17) is 4.74 Å². The third-order valence-corrected chi connectivity index (χ3v) is 8.81. The van der Waals surface area contributed by atoms with Crippen LogP contribution in [-0.2, 0) is 15.0 Å². The van der Waals surface area contributed by atoms with Crippen molar-refractivity contribution in [1.82, 2.24) is 14.3 Å². The lowest BCUT2D eigenvalue weighted by atomic mass is 9.94. The van der Waals surface area contributed by atoms with E-state index in [9.17, 15) is 13.2 Å². The fourth-order valence-corrected chi connectivity index (χ4v) is 6.28. The Labute approximate surface area is 209 Å². The SMILES string of the molecule is CC1Oc2cc(N3CCCC3=O)ccc2-c2cnc(Nc3cncc(N4CCN(C)S4(=O)=O)c3)cc21. The summed E-state index contributed by atoms with van der Waals surface area (Å²) in [6, 6.07) is 9.56. The molecule has 0 radical (unpaired) electrons. The van der Waals surface area contributed by atoms with Crippen molar-refractivity contribution in [2.45, 2.75) is 25.9 Å². The van der Waals surface area contributed by atoms with Crippen molar-refractivity contribution in [2.24, 2.45) is 0 Å². The fourth-order valence-electron chi connectivity index (χ4n) is 4.95. The summed E-state index contributed by atoms with van der Waals surface area (Å²) >= 11 is 0. The number of carbonyl (C=O) groups is 1. The summed E-state index contributed by atoms with van der Waals surface area (Å²) in [5, 5.41) is 3.24. The largest absolute Gasteiger partial charge is 0.485 e. The second-order valence-electron chi connectivity index (χ2n) is 9.20. The first kappa shape index (κ1) is 22.7. The monoisotopic (exact) mass is 506 g/mol. The zero-order valence-electron chi connectivity index (χ0n) is 20.0. The molecule has 0 saturated carbocycles. The molecule has 3 aliphatic rings. The normalized spacial score (nSPS) is 20.7. The van der Waals surface area contributed by atoms with Crippen molar-refractivity contribution in [3.05, 3.63) is 54.5 Å². The summed E-state index contributed by atoms with van der Waals surface area (Å²) in [7, 11) is -1.96. The lowest BCUT2D eigenvalue weighted by molar-refractivity contribution is -0.117. The molecule has 1 aromatic carbocycles. The number of hydrogen-bond acceptors (Lipinski definition) is 7. The number of rotatable bonds is 4. The van der Waals surface area contributed by atoms with Crippen molar-refractivity contribution in [1.29, 1.82) is 0 Å². The first-order chi connectivity index (χ1) is 17.3. The van der Waals surface area contributed by atoms with Crippen LogP contribution in [0, 0.1) is 0 Å². The highest BCUT2D eigenvalue weighted by atomic mass is 32.2. The third kappa shape index (κ3) is 3.75. The van der Waals surface area contributed by atoms with Crippen LogP contribution in [0.2, 0.25) is 0 Å². The average molecular weight is 507 g/mol. The number of ether oxygens (including phenoxy) is 1. The molecule has 0 aliphatic carbocycles. The summed E-state index contributed by atoms with van der Waals surface area (Å²) in [4.78, 5) is 22.8. The molecule has 0 bridgehead atoms. The Morgan fingerprint density at radius 2 is 1.89 bits per heavy atom. The molecule has 3 aromatic rings. The molecule has 6 rings (SSSR count). The smallest absolute Gasteiger partial charge is 0.303 e. The number of likely N-dealkylation sites (N-methyl/N-ethyl adjacent to an activating group) is 1. The highest BCUT2D eigenvalue weighted by Gasteiger charge is 2.34. The van der Waals surface area contributed by atoms with E-state index in [1.54, 1.807) is 25.5 Å². The highest BCUT2D eigenvalue weighted by molar-refractivity contribution is 7.90. The number of hydrogen-bond donors (Lipinski definition) is 1. The Morgan fingerprint density at radius 3 is 2.64 bits per heavy atom. The summed E-state index contributed by atoms with van der Waals surface area (Å²) in [6.07, 6.45) is 6.23. The van der Waals surface area contributed by atoms with Gasteiger partial charge in [-0.05, 0) is 37.6 Å². The number of carbonyl (C=O) groups excluding carboxylic acids is 1. The summed E-state index contributed by atoms with van der Waals surface area (Å²) < 4.78 is 34.0. The van der Waals surface area contributed by atoms with Crippen LogP contribution in [0.15, 0.2) is 48.9 Å². The molecule has 2 saturated heterocycles. The molecule has 1 amide bonds. The van der Waals surface area contributed by atoms with Crippen LogP contribution in [-0.4, -0.2) is 55.3 Å². The van der Waals surface area contributed by atoms with Crippen LogP contribution >= 0.6 is 0 Å². The van der Waals surface area contributed by atoms with Gasteiger partial charge in [0.1, 0.15) is 17.7 Å². The molecule has 1 N–H and O–H groups in total. The zero-order chi connectivity index (χ0) is 25.0. The van der Waals surface area contributed by atoms with Gasteiger partial charge in [0.05, 0.1) is 23.8 Å². The van der Waals surface area contributed by atoms with Crippen molar-refractivity contribution >= 4 is 39.0 Å². The van der Waals surface area contributed by atoms with E-state index in [-0.39, 0.29) is 12.0 Å². The van der Waals surface area contributed by atoms with Crippen LogP contribution in [0.4, 0.5) is 22.9 Å². The van der Waals surface area contributed by atoms with Gasteiger partial charge in [0.15, 0.2) is 0 Å². The lowest BCUT2D eigenvalue weighted by Crippen LogP contribution is -2.30. The molecule has 3 aliphatic heterocycles. The van der Waals surface area contributed by atoms with Crippen molar-refractivity contribution in [3.8, 4) is 16.9 Å². The van der Waals surface area contributed by atoms with E-state index in [1.165, 1.54) is 8.61 Å². The van der Waals surface area contributed by atoms with Gasteiger partial charge in [0.2, 0.25) is 5.91 Å². The first-order valence-electron chi connectivity index (χ1n) is 11.9. The second kappa shape index (κ2) is 8.45. The van der Waals surface area contributed by atoms with Gasteiger partial charge in [-0.25, -0.2) is 4.98 Å². The predicted molar refractivity (Wildman–Crippen MR) is 137 cm³/mol. The molecule has 11 heteroatoms. The maximum Gasteiger partial charge on any atom is 0.303 e. The van der Waals surface area contributed by atoms with Crippen LogP contribution in [0.1, 0.15) is 31.4 Å². The quantitative estimate of drug-likeness (QED) is 0.577. The van der Waals surface area contributed by atoms with Gasteiger partial charge in [-0.3, -0.25) is 14.1 Å². The van der Waals surface area contributed by atoms with E-state index >= 15 is 0 Å². The molecule has 10 nitrogen and oxygen atoms in total. The molecular weight excluding hydrogens is 480 g/mol. The molecule has 1 atom stereocenters. The molecule has 1 unspecified atom stereocenters. The Bertz CT molecular complexity index is 1480. The van der Waals surface area contributed by atoms with Crippen LogP contribution < -0.4 is 19.3 Å². The van der Waals surface area contributed by atoms with Gasteiger partial charge < -0.3 is 15.0 Å². The van der Waals surface area contributed by atoms with E-state index in [2.05, 4.69) is 15.3 Å². The number of nitrogens with zero attached hydrogens (tertiary/aromatic N) is 5. The van der Waals surface area contributed by atoms with Gasteiger partial charge in [-0.15, -0.1) is 0 Å². The molecule has 2 fully saturated rings. The molecule has 0 spiro atoms. The van der Waals surface area contributed by atoms with Gasteiger partial charge in [0, 0.05) is 67.7 Å².